The van der Waals surface area contributed by atoms with E-state index in [1.54, 1.807) is 6.07 Å². The van der Waals surface area contributed by atoms with Crippen LogP contribution in [0.25, 0.3) is 0 Å². The minimum atomic E-state index is -0.452. The Morgan fingerprint density at radius 3 is 2.61 bits per heavy atom. The average Bonchev–Trinajstić information content (AvgIpc) is 3.13. The zero-order chi connectivity index (χ0) is 20.1. The van der Waals surface area contributed by atoms with Crippen LogP contribution in [0.1, 0.15) is 40.7 Å². The Hall–Kier alpha value is -3.02. The molecule has 5 nitrogen and oxygen atoms in total. The van der Waals surface area contributed by atoms with Crippen LogP contribution in [0.2, 0.25) is 0 Å². The molecule has 0 unspecified atom stereocenters. The molecule has 0 heterocycles. The first-order chi connectivity index (χ1) is 13.4. The van der Waals surface area contributed by atoms with E-state index in [0.717, 1.165) is 19.3 Å². The zero-order valence-electron chi connectivity index (χ0n) is 15.8. The van der Waals surface area contributed by atoms with Crippen LogP contribution in [0.15, 0.2) is 42.5 Å². The number of aryl methyl sites for hydroxylation is 2. The molecule has 0 fully saturated rings. The highest BCUT2D eigenvalue weighted by atomic mass is 19.1. The van der Waals surface area contributed by atoms with Crippen LogP contribution in [-0.2, 0) is 22.4 Å². The monoisotopic (exact) mass is 382 g/mol. The summed E-state index contributed by atoms with van der Waals surface area (Å²) < 4.78 is 13.1. The number of fused-ring (bicyclic) bond motifs is 1. The van der Waals surface area contributed by atoms with Gasteiger partial charge in [-0.3, -0.25) is 14.4 Å². The zero-order valence-corrected chi connectivity index (χ0v) is 15.8. The molecule has 146 valence electrons. The van der Waals surface area contributed by atoms with Crippen molar-refractivity contribution in [3.8, 4) is 0 Å². The number of Topliss-reactive ketones (excluding diaryl/α,β-unsaturated/α-hetero) is 1. The largest absolute Gasteiger partial charge is 0.336 e. The van der Waals surface area contributed by atoms with Crippen molar-refractivity contribution in [3.05, 3.63) is 65.0 Å². The van der Waals surface area contributed by atoms with Crippen molar-refractivity contribution in [2.24, 2.45) is 0 Å². The molecule has 0 saturated carbocycles. The third-order valence-electron chi connectivity index (χ3n) is 4.90. The highest BCUT2D eigenvalue weighted by Crippen LogP contribution is 2.23. The predicted octanol–water partition coefficient (Wildman–Crippen LogP) is 3.37. The van der Waals surface area contributed by atoms with Gasteiger partial charge in [0.15, 0.2) is 5.78 Å². The molecule has 2 aromatic carbocycles. The second-order valence-electron chi connectivity index (χ2n) is 7.07. The SMILES string of the molecule is CN(CC(=O)Nc1cccc(F)c1)C(=O)CCC(=O)c1ccc2c(c1)CCC2. The van der Waals surface area contributed by atoms with Crippen molar-refractivity contribution in [1.82, 2.24) is 4.90 Å². The molecule has 0 bridgehead atoms. The normalized spacial score (nSPS) is 12.4. The van der Waals surface area contributed by atoms with Gasteiger partial charge in [0.2, 0.25) is 11.8 Å². The van der Waals surface area contributed by atoms with E-state index in [4.69, 9.17) is 0 Å². The molecule has 0 atom stereocenters. The highest BCUT2D eigenvalue weighted by Gasteiger charge is 2.17. The Labute approximate surface area is 163 Å². The van der Waals surface area contributed by atoms with Gasteiger partial charge in [0, 0.05) is 31.1 Å². The van der Waals surface area contributed by atoms with Gasteiger partial charge >= 0.3 is 0 Å². The lowest BCUT2D eigenvalue weighted by Crippen LogP contribution is -2.35. The Morgan fingerprint density at radius 2 is 1.82 bits per heavy atom. The number of hydrogen-bond acceptors (Lipinski definition) is 3. The molecule has 6 heteroatoms. The Balaban J connectivity index is 1.47. The minimum absolute atomic E-state index is 0.0413. The Bertz CT molecular complexity index is 910. The van der Waals surface area contributed by atoms with Crippen molar-refractivity contribution in [1.29, 1.82) is 0 Å². The van der Waals surface area contributed by atoms with Gasteiger partial charge in [0.05, 0.1) is 6.54 Å². The molecule has 0 aliphatic heterocycles. The van der Waals surface area contributed by atoms with E-state index >= 15 is 0 Å². The topological polar surface area (TPSA) is 66.5 Å². The molecule has 1 aliphatic carbocycles. The van der Waals surface area contributed by atoms with Gasteiger partial charge in [-0.05, 0) is 54.7 Å². The number of ketones is 1. The number of nitrogens with one attached hydrogen (secondary N) is 1. The maximum Gasteiger partial charge on any atom is 0.243 e. The van der Waals surface area contributed by atoms with E-state index in [2.05, 4.69) is 5.32 Å². The summed E-state index contributed by atoms with van der Waals surface area (Å²) in [7, 11) is 1.51. The van der Waals surface area contributed by atoms with Gasteiger partial charge in [-0.25, -0.2) is 4.39 Å². The number of halogens is 1. The van der Waals surface area contributed by atoms with Crippen LogP contribution in [0.5, 0.6) is 0 Å². The fourth-order valence-corrected chi connectivity index (χ4v) is 3.37. The fourth-order valence-electron chi connectivity index (χ4n) is 3.37. The third-order valence-corrected chi connectivity index (χ3v) is 4.90. The standard InChI is InChI=1S/C22H23FN2O3/c1-25(14-21(27)24-19-7-3-6-18(23)13-19)22(28)11-10-20(26)17-9-8-15-4-2-5-16(15)12-17/h3,6-9,12-13H,2,4-5,10-11,14H2,1H3,(H,24,27). The maximum absolute atomic E-state index is 13.1. The van der Waals surface area contributed by atoms with E-state index in [0.29, 0.717) is 11.3 Å². The molecule has 1 aliphatic rings. The molecule has 0 saturated heterocycles. The van der Waals surface area contributed by atoms with Gasteiger partial charge in [-0.2, -0.15) is 0 Å². The minimum Gasteiger partial charge on any atom is -0.336 e. The summed E-state index contributed by atoms with van der Waals surface area (Å²) in [6, 6.07) is 11.3. The summed E-state index contributed by atoms with van der Waals surface area (Å²) in [5.41, 5.74) is 3.50. The number of rotatable bonds is 7. The summed E-state index contributed by atoms with van der Waals surface area (Å²) in [5, 5.41) is 2.54. The number of anilines is 1. The fraction of sp³-hybridized carbons (Fsp3) is 0.318. The van der Waals surface area contributed by atoms with Crippen molar-refractivity contribution in [3.63, 3.8) is 0 Å². The lowest BCUT2D eigenvalue weighted by molar-refractivity contribution is -0.133. The summed E-state index contributed by atoms with van der Waals surface area (Å²) >= 11 is 0. The van der Waals surface area contributed by atoms with E-state index in [9.17, 15) is 18.8 Å². The van der Waals surface area contributed by atoms with E-state index < -0.39 is 11.7 Å². The van der Waals surface area contributed by atoms with Gasteiger partial charge in [0.1, 0.15) is 5.82 Å². The Kier molecular flexibility index (Phi) is 6.19. The molecule has 2 aromatic rings. The van der Waals surface area contributed by atoms with Crippen molar-refractivity contribution >= 4 is 23.3 Å². The maximum atomic E-state index is 13.1. The Morgan fingerprint density at radius 1 is 1.04 bits per heavy atom. The van der Waals surface area contributed by atoms with Crippen LogP contribution < -0.4 is 5.32 Å². The molecule has 0 spiro atoms. The van der Waals surface area contributed by atoms with E-state index in [1.165, 1.54) is 41.3 Å². The molecule has 0 aromatic heterocycles. The van der Waals surface area contributed by atoms with Gasteiger partial charge in [-0.1, -0.05) is 18.2 Å². The van der Waals surface area contributed by atoms with Crippen LogP contribution in [0.3, 0.4) is 0 Å². The van der Waals surface area contributed by atoms with E-state index in [-0.39, 0.29) is 31.1 Å². The second kappa shape index (κ2) is 8.78. The first kappa shape index (κ1) is 19.7. The number of carbonyl (C=O) groups excluding carboxylic acids is 3. The van der Waals surface area contributed by atoms with Crippen molar-refractivity contribution in [2.75, 3.05) is 18.9 Å². The van der Waals surface area contributed by atoms with Crippen molar-refractivity contribution < 1.29 is 18.8 Å². The summed E-state index contributed by atoms with van der Waals surface area (Å²) in [4.78, 5) is 37.9. The lowest BCUT2D eigenvalue weighted by Gasteiger charge is -2.16. The number of nitrogens with zero attached hydrogens (tertiary/aromatic N) is 1. The molecule has 28 heavy (non-hydrogen) atoms. The molecule has 1 N–H and O–H groups in total. The molecule has 2 amide bonds. The number of likely N-dealkylation sites (N-methyl/N-ethyl adjacent to an activating group) is 1. The summed E-state index contributed by atoms with van der Waals surface area (Å²) in [5.74, 6) is -1.23. The second-order valence-corrected chi connectivity index (χ2v) is 7.07. The lowest BCUT2D eigenvalue weighted by atomic mass is 10.0. The van der Waals surface area contributed by atoms with Crippen LogP contribution in [0, 0.1) is 5.82 Å². The van der Waals surface area contributed by atoms with Crippen molar-refractivity contribution in [2.45, 2.75) is 32.1 Å². The summed E-state index contributed by atoms with van der Waals surface area (Å²) in [6.45, 7) is -0.164. The molecule has 3 rings (SSSR count). The number of carbonyl (C=O) groups is 3. The first-order valence-electron chi connectivity index (χ1n) is 9.37. The summed E-state index contributed by atoms with van der Waals surface area (Å²) in [6.07, 6.45) is 3.32. The number of benzene rings is 2. The quantitative estimate of drug-likeness (QED) is 0.747. The van der Waals surface area contributed by atoms with Gasteiger partial charge < -0.3 is 10.2 Å². The first-order valence-corrected chi connectivity index (χ1v) is 9.37. The van der Waals surface area contributed by atoms with Crippen LogP contribution in [0.4, 0.5) is 10.1 Å². The number of amides is 2. The smallest absolute Gasteiger partial charge is 0.243 e. The van der Waals surface area contributed by atoms with Crippen LogP contribution in [-0.4, -0.2) is 36.1 Å². The third kappa shape index (κ3) is 5.03. The number of hydrogen-bond donors (Lipinski definition) is 1. The van der Waals surface area contributed by atoms with Crippen LogP contribution >= 0.6 is 0 Å². The van der Waals surface area contributed by atoms with Gasteiger partial charge in [0.25, 0.3) is 0 Å². The molecule has 0 radical (unpaired) electrons. The predicted molar refractivity (Wildman–Crippen MR) is 105 cm³/mol. The molecular weight excluding hydrogens is 359 g/mol. The average molecular weight is 382 g/mol. The van der Waals surface area contributed by atoms with Gasteiger partial charge in [-0.15, -0.1) is 0 Å². The van der Waals surface area contributed by atoms with E-state index in [1.807, 2.05) is 18.2 Å². The highest BCUT2D eigenvalue weighted by molar-refractivity contribution is 5.99. The molecular formula is C22H23FN2O3.